The van der Waals surface area contributed by atoms with Crippen LogP contribution in [0.4, 0.5) is 0 Å². The highest BCUT2D eigenvalue weighted by atomic mass is 127. The van der Waals surface area contributed by atoms with Crippen molar-refractivity contribution in [2.45, 2.75) is 0 Å². The summed E-state index contributed by atoms with van der Waals surface area (Å²) in [5.74, 6) is 0. The normalized spacial score (nSPS) is 10.5. The first kappa shape index (κ1) is 6.22. The molecule has 1 heterocycles. The second-order valence-electron chi connectivity index (χ2n) is 2.18. The lowest BCUT2D eigenvalue weighted by Gasteiger charge is -1.90. The molecular formula is C8H6IN. The highest BCUT2D eigenvalue weighted by Gasteiger charge is 1.95. The van der Waals surface area contributed by atoms with Gasteiger partial charge < -0.3 is 4.98 Å². The Hall–Kier alpha value is -0.510. The van der Waals surface area contributed by atoms with Crippen LogP contribution in [0.2, 0.25) is 0 Å². The van der Waals surface area contributed by atoms with E-state index in [1.807, 2.05) is 6.20 Å². The topological polar surface area (TPSA) is 15.8 Å². The molecule has 0 aliphatic carbocycles. The first-order valence-electron chi connectivity index (χ1n) is 3.09. The third-order valence-corrected chi connectivity index (χ3v) is 2.48. The van der Waals surface area contributed by atoms with E-state index in [2.05, 4.69) is 51.8 Å². The first-order chi connectivity index (χ1) is 4.88. The Morgan fingerprint density at radius 2 is 2.10 bits per heavy atom. The molecule has 0 saturated heterocycles. The van der Waals surface area contributed by atoms with Crippen LogP contribution >= 0.6 is 22.6 Å². The Bertz CT molecular complexity index is 351. The third kappa shape index (κ3) is 0.831. The van der Waals surface area contributed by atoms with Gasteiger partial charge in [0.2, 0.25) is 0 Å². The fourth-order valence-corrected chi connectivity index (χ4v) is 1.73. The maximum absolute atomic E-state index is 3.16. The molecule has 0 saturated carbocycles. The summed E-state index contributed by atoms with van der Waals surface area (Å²) in [7, 11) is 0. The number of benzene rings is 1. The molecule has 0 bridgehead atoms. The molecule has 1 N–H and O–H groups in total. The van der Waals surface area contributed by atoms with Crippen LogP contribution in [0.15, 0.2) is 30.5 Å². The van der Waals surface area contributed by atoms with Crippen molar-refractivity contribution < 1.29 is 0 Å². The van der Waals surface area contributed by atoms with Crippen molar-refractivity contribution in [2.24, 2.45) is 0 Å². The van der Waals surface area contributed by atoms with Crippen molar-refractivity contribution >= 4 is 33.5 Å². The summed E-state index contributed by atoms with van der Waals surface area (Å²) in [5, 5.41) is 1.31. The van der Waals surface area contributed by atoms with Gasteiger partial charge in [0.1, 0.15) is 0 Å². The van der Waals surface area contributed by atoms with Crippen LogP contribution in [-0.4, -0.2) is 4.98 Å². The van der Waals surface area contributed by atoms with Crippen molar-refractivity contribution in [1.29, 1.82) is 0 Å². The smallest absolute Gasteiger partial charge is 0.0464 e. The molecule has 2 heteroatoms. The molecule has 1 aromatic heterocycles. The minimum atomic E-state index is 1.21. The molecule has 1 aromatic carbocycles. The molecule has 1 nitrogen and oxygen atoms in total. The van der Waals surface area contributed by atoms with Crippen LogP contribution in [0.3, 0.4) is 0 Å². The zero-order chi connectivity index (χ0) is 6.97. The zero-order valence-corrected chi connectivity index (χ0v) is 7.42. The summed E-state index contributed by atoms with van der Waals surface area (Å²) < 4.78 is 1.30. The van der Waals surface area contributed by atoms with Crippen molar-refractivity contribution in [1.82, 2.24) is 4.98 Å². The van der Waals surface area contributed by atoms with Gasteiger partial charge in [-0.3, -0.25) is 0 Å². The predicted octanol–water partition coefficient (Wildman–Crippen LogP) is 2.77. The number of H-pyrrole nitrogens is 1. The van der Waals surface area contributed by atoms with Crippen LogP contribution in [0.1, 0.15) is 0 Å². The SMILES string of the molecule is Ic1cccc2[nH]ccc12. The fraction of sp³-hybridized carbons (Fsp3) is 0. The minimum absolute atomic E-state index is 1.21. The summed E-state index contributed by atoms with van der Waals surface area (Å²) in [4.78, 5) is 3.16. The van der Waals surface area contributed by atoms with Gasteiger partial charge in [-0.2, -0.15) is 0 Å². The van der Waals surface area contributed by atoms with E-state index in [1.54, 1.807) is 0 Å². The Morgan fingerprint density at radius 3 is 2.90 bits per heavy atom. The highest BCUT2D eigenvalue weighted by Crippen LogP contribution is 2.18. The van der Waals surface area contributed by atoms with Crippen LogP contribution in [0.5, 0.6) is 0 Å². The van der Waals surface area contributed by atoms with E-state index >= 15 is 0 Å². The molecule has 0 amide bonds. The summed E-state index contributed by atoms with van der Waals surface area (Å²) in [6.45, 7) is 0. The Balaban J connectivity index is 2.95. The standard InChI is InChI=1S/C8H6IN/c9-7-2-1-3-8-6(7)4-5-10-8/h1-5,10H. The molecule has 0 atom stereocenters. The van der Waals surface area contributed by atoms with Crippen LogP contribution in [0, 0.1) is 3.57 Å². The van der Waals surface area contributed by atoms with Crippen LogP contribution < -0.4 is 0 Å². The fourth-order valence-electron chi connectivity index (χ4n) is 1.05. The summed E-state index contributed by atoms with van der Waals surface area (Å²) in [5.41, 5.74) is 1.21. The summed E-state index contributed by atoms with van der Waals surface area (Å²) in [6.07, 6.45) is 1.97. The van der Waals surface area contributed by atoms with E-state index in [1.165, 1.54) is 14.5 Å². The van der Waals surface area contributed by atoms with E-state index in [0.29, 0.717) is 0 Å². The average molecular weight is 243 g/mol. The van der Waals surface area contributed by atoms with Crippen molar-refractivity contribution in [2.75, 3.05) is 0 Å². The van der Waals surface area contributed by atoms with Gasteiger partial charge in [0.05, 0.1) is 0 Å². The van der Waals surface area contributed by atoms with Crippen molar-refractivity contribution in [3.8, 4) is 0 Å². The molecule has 0 fully saturated rings. The Kier molecular flexibility index (Phi) is 1.41. The molecule has 50 valence electrons. The summed E-state index contributed by atoms with van der Waals surface area (Å²) >= 11 is 2.33. The van der Waals surface area contributed by atoms with Crippen LogP contribution in [-0.2, 0) is 0 Å². The first-order valence-corrected chi connectivity index (χ1v) is 4.17. The molecule has 0 aliphatic heterocycles. The number of aromatic amines is 1. The zero-order valence-electron chi connectivity index (χ0n) is 5.26. The van der Waals surface area contributed by atoms with E-state index in [9.17, 15) is 0 Å². The lowest BCUT2D eigenvalue weighted by molar-refractivity contribution is 1.48. The third-order valence-electron chi connectivity index (χ3n) is 1.54. The molecule has 2 aromatic rings. The lowest BCUT2D eigenvalue weighted by atomic mass is 10.3. The Labute approximate surface area is 72.6 Å². The number of halogens is 1. The summed E-state index contributed by atoms with van der Waals surface area (Å²) in [6, 6.07) is 8.34. The molecule has 0 radical (unpaired) electrons. The van der Waals surface area contributed by atoms with Gasteiger partial charge in [0.25, 0.3) is 0 Å². The predicted molar refractivity (Wildman–Crippen MR) is 51.0 cm³/mol. The number of rotatable bonds is 0. The largest absolute Gasteiger partial charge is 0.361 e. The number of aromatic nitrogens is 1. The minimum Gasteiger partial charge on any atom is -0.361 e. The monoisotopic (exact) mass is 243 g/mol. The number of hydrogen-bond donors (Lipinski definition) is 1. The average Bonchev–Trinajstić information content (AvgIpc) is 2.36. The number of fused-ring (bicyclic) bond motifs is 1. The number of nitrogens with one attached hydrogen (secondary N) is 1. The van der Waals surface area contributed by atoms with Crippen molar-refractivity contribution in [3.63, 3.8) is 0 Å². The Morgan fingerprint density at radius 1 is 1.20 bits per heavy atom. The quantitative estimate of drug-likeness (QED) is 0.685. The van der Waals surface area contributed by atoms with Gasteiger partial charge >= 0.3 is 0 Å². The lowest BCUT2D eigenvalue weighted by Crippen LogP contribution is -1.70. The van der Waals surface area contributed by atoms with Gasteiger partial charge in [-0.25, -0.2) is 0 Å². The van der Waals surface area contributed by atoms with Gasteiger partial charge in [-0.1, -0.05) is 6.07 Å². The highest BCUT2D eigenvalue weighted by molar-refractivity contribution is 14.1. The van der Waals surface area contributed by atoms with E-state index in [4.69, 9.17) is 0 Å². The molecule has 0 spiro atoms. The molecular weight excluding hydrogens is 237 g/mol. The molecule has 10 heavy (non-hydrogen) atoms. The maximum atomic E-state index is 3.16. The van der Waals surface area contributed by atoms with Gasteiger partial charge in [-0.05, 0) is 40.8 Å². The van der Waals surface area contributed by atoms with Gasteiger partial charge in [-0.15, -0.1) is 0 Å². The number of hydrogen-bond acceptors (Lipinski definition) is 0. The van der Waals surface area contributed by atoms with E-state index in [-0.39, 0.29) is 0 Å². The van der Waals surface area contributed by atoms with E-state index < -0.39 is 0 Å². The molecule has 0 unspecified atom stereocenters. The molecule has 2 rings (SSSR count). The van der Waals surface area contributed by atoms with Crippen molar-refractivity contribution in [3.05, 3.63) is 34.0 Å². The van der Waals surface area contributed by atoms with Gasteiger partial charge in [0, 0.05) is 20.7 Å². The van der Waals surface area contributed by atoms with Crippen LogP contribution in [0.25, 0.3) is 10.9 Å². The second-order valence-corrected chi connectivity index (χ2v) is 3.34. The second kappa shape index (κ2) is 2.27. The van der Waals surface area contributed by atoms with Gasteiger partial charge in [0.15, 0.2) is 0 Å². The van der Waals surface area contributed by atoms with E-state index in [0.717, 1.165) is 0 Å². The molecule has 0 aliphatic rings. The maximum Gasteiger partial charge on any atom is 0.0464 e.